The first-order valence-electron chi connectivity index (χ1n) is 8.46. The van der Waals surface area contributed by atoms with E-state index in [-0.39, 0.29) is 12.0 Å². The van der Waals surface area contributed by atoms with E-state index in [1.807, 2.05) is 0 Å². The fourth-order valence-corrected chi connectivity index (χ4v) is 2.75. The third-order valence-electron chi connectivity index (χ3n) is 4.27. The minimum absolute atomic E-state index is 0.213. The van der Waals surface area contributed by atoms with Gasteiger partial charge in [0.25, 0.3) is 0 Å². The Kier molecular flexibility index (Phi) is 5.75. The van der Waals surface area contributed by atoms with Crippen LogP contribution in [0.25, 0.3) is 0 Å². The zero-order valence-electron chi connectivity index (χ0n) is 14.5. The van der Waals surface area contributed by atoms with Gasteiger partial charge in [-0.1, -0.05) is 32.6 Å². The molecule has 130 valence electrons. The minimum Gasteiger partial charge on any atom is -0.469 e. The SMILES string of the molecule is CCCCCCCC(=O)O[C@]1(C)C(=O)C=C2C=C(C)OC=C2C1=O. The van der Waals surface area contributed by atoms with Crippen molar-refractivity contribution in [1.82, 2.24) is 0 Å². The number of allylic oxidation sites excluding steroid dienone is 3. The molecule has 1 aliphatic carbocycles. The fraction of sp³-hybridized carbons (Fsp3) is 0.526. The summed E-state index contributed by atoms with van der Waals surface area (Å²) in [6.45, 7) is 5.21. The summed E-state index contributed by atoms with van der Waals surface area (Å²) >= 11 is 0. The molecule has 0 N–H and O–H groups in total. The van der Waals surface area contributed by atoms with Gasteiger partial charge in [0.2, 0.25) is 17.2 Å². The number of hydrogen-bond acceptors (Lipinski definition) is 5. The van der Waals surface area contributed by atoms with Crippen molar-refractivity contribution in [3.05, 3.63) is 35.3 Å². The maximum absolute atomic E-state index is 12.6. The van der Waals surface area contributed by atoms with Crippen LogP contribution in [0.2, 0.25) is 0 Å². The molecule has 0 spiro atoms. The van der Waals surface area contributed by atoms with Crippen molar-refractivity contribution >= 4 is 17.5 Å². The van der Waals surface area contributed by atoms with E-state index in [2.05, 4.69) is 6.92 Å². The standard InChI is InChI=1S/C19H24O5/c1-4-5-6-7-8-9-17(21)24-19(3)16(20)11-14-10-13(2)23-12-15(14)18(19)22/h10-12H,4-9H2,1-3H3/t19-/m1/s1. The number of rotatable bonds is 7. The fourth-order valence-electron chi connectivity index (χ4n) is 2.75. The number of Topliss-reactive ketones (excluding diaryl/α,β-unsaturated/α-hetero) is 1. The van der Waals surface area contributed by atoms with Crippen LogP contribution in [0.15, 0.2) is 35.3 Å². The first-order chi connectivity index (χ1) is 11.4. The Morgan fingerprint density at radius 2 is 1.88 bits per heavy atom. The molecule has 0 aromatic rings. The summed E-state index contributed by atoms with van der Waals surface area (Å²) < 4.78 is 10.5. The van der Waals surface area contributed by atoms with Crippen molar-refractivity contribution in [2.75, 3.05) is 0 Å². The zero-order chi connectivity index (χ0) is 17.7. The summed E-state index contributed by atoms with van der Waals surface area (Å²) in [6, 6.07) is 0. The highest BCUT2D eigenvalue weighted by Crippen LogP contribution is 2.33. The second-order valence-corrected chi connectivity index (χ2v) is 6.37. The summed E-state index contributed by atoms with van der Waals surface area (Å²) in [5, 5.41) is 0. The molecule has 0 amide bonds. The first-order valence-corrected chi connectivity index (χ1v) is 8.46. The third-order valence-corrected chi connectivity index (χ3v) is 4.27. The zero-order valence-corrected chi connectivity index (χ0v) is 14.5. The Morgan fingerprint density at radius 3 is 2.58 bits per heavy atom. The number of unbranched alkanes of at least 4 members (excludes halogenated alkanes) is 4. The highest BCUT2D eigenvalue weighted by molar-refractivity contribution is 6.26. The topological polar surface area (TPSA) is 69.7 Å². The second-order valence-electron chi connectivity index (χ2n) is 6.37. The molecule has 5 heteroatoms. The molecule has 0 radical (unpaired) electrons. The van der Waals surface area contributed by atoms with Crippen LogP contribution in [0, 0.1) is 0 Å². The Labute approximate surface area is 142 Å². The van der Waals surface area contributed by atoms with Gasteiger partial charge in [0.15, 0.2) is 0 Å². The normalized spacial score (nSPS) is 22.9. The lowest BCUT2D eigenvalue weighted by Crippen LogP contribution is -2.50. The lowest BCUT2D eigenvalue weighted by atomic mass is 9.80. The maximum Gasteiger partial charge on any atom is 0.307 e. The molecule has 0 saturated carbocycles. The number of fused-ring (bicyclic) bond motifs is 1. The average molecular weight is 332 g/mol. The predicted molar refractivity (Wildman–Crippen MR) is 88.9 cm³/mol. The summed E-state index contributed by atoms with van der Waals surface area (Å²) in [4.78, 5) is 37.0. The summed E-state index contributed by atoms with van der Waals surface area (Å²) in [5.41, 5.74) is -1.03. The first kappa shape index (κ1) is 18.2. The molecule has 0 aromatic carbocycles. The molecule has 0 aromatic heterocycles. The van der Waals surface area contributed by atoms with E-state index in [4.69, 9.17) is 9.47 Å². The van der Waals surface area contributed by atoms with Gasteiger partial charge in [0.05, 0.1) is 5.57 Å². The number of hydrogen-bond donors (Lipinski definition) is 0. The van der Waals surface area contributed by atoms with Gasteiger partial charge in [-0.25, -0.2) is 0 Å². The van der Waals surface area contributed by atoms with Crippen LogP contribution >= 0.6 is 0 Å². The summed E-state index contributed by atoms with van der Waals surface area (Å²) in [5.74, 6) is -0.965. The lowest BCUT2D eigenvalue weighted by Gasteiger charge is -2.31. The van der Waals surface area contributed by atoms with Gasteiger partial charge in [-0.3, -0.25) is 14.4 Å². The number of carbonyl (C=O) groups excluding carboxylic acids is 3. The molecule has 2 rings (SSSR count). The van der Waals surface area contributed by atoms with Crippen molar-refractivity contribution in [2.45, 2.75) is 64.9 Å². The van der Waals surface area contributed by atoms with Crippen LogP contribution in [0.4, 0.5) is 0 Å². The number of ether oxygens (including phenoxy) is 2. The minimum atomic E-state index is -1.79. The van der Waals surface area contributed by atoms with E-state index in [1.165, 1.54) is 19.3 Å². The molecular weight excluding hydrogens is 308 g/mol. The van der Waals surface area contributed by atoms with E-state index in [1.54, 1.807) is 13.0 Å². The van der Waals surface area contributed by atoms with Gasteiger partial charge >= 0.3 is 5.97 Å². The van der Waals surface area contributed by atoms with Gasteiger partial charge in [-0.05, 0) is 38.0 Å². The van der Waals surface area contributed by atoms with Crippen LogP contribution < -0.4 is 0 Å². The van der Waals surface area contributed by atoms with Gasteiger partial charge in [-0.15, -0.1) is 0 Å². The molecular formula is C19H24O5. The molecule has 2 aliphatic rings. The maximum atomic E-state index is 12.6. The van der Waals surface area contributed by atoms with Gasteiger partial charge in [0, 0.05) is 6.42 Å². The molecule has 0 saturated heterocycles. The van der Waals surface area contributed by atoms with Crippen molar-refractivity contribution < 1.29 is 23.9 Å². The van der Waals surface area contributed by atoms with Crippen molar-refractivity contribution in [3.63, 3.8) is 0 Å². The van der Waals surface area contributed by atoms with E-state index in [0.29, 0.717) is 17.8 Å². The molecule has 5 nitrogen and oxygen atoms in total. The van der Waals surface area contributed by atoms with Crippen molar-refractivity contribution in [1.29, 1.82) is 0 Å². The monoisotopic (exact) mass is 332 g/mol. The molecule has 1 atom stereocenters. The van der Waals surface area contributed by atoms with Crippen molar-refractivity contribution in [3.8, 4) is 0 Å². The molecule has 1 heterocycles. The predicted octanol–water partition coefficient (Wildman–Crippen LogP) is 3.54. The molecule has 0 bridgehead atoms. The quantitative estimate of drug-likeness (QED) is 0.405. The molecule has 0 fully saturated rings. The van der Waals surface area contributed by atoms with E-state index in [9.17, 15) is 14.4 Å². The smallest absolute Gasteiger partial charge is 0.307 e. The second kappa shape index (κ2) is 7.60. The molecule has 1 aliphatic heterocycles. The Morgan fingerprint density at radius 1 is 1.17 bits per heavy atom. The van der Waals surface area contributed by atoms with E-state index >= 15 is 0 Å². The highest BCUT2D eigenvalue weighted by atomic mass is 16.6. The largest absolute Gasteiger partial charge is 0.469 e. The summed E-state index contributed by atoms with van der Waals surface area (Å²) in [7, 11) is 0. The van der Waals surface area contributed by atoms with Gasteiger partial charge in [-0.2, -0.15) is 0 Å². The number of carbonyl (C=O) groups is 3. The molecule has 0 unspecified atom stereocenters. The van der Waals surface area contributed by atoms with Crippen LogP contribution in [-0.4, -0.2) is 23.1 Å². The molecule has 24 heavy (non-hydrogen) atoms. The lowest BCUT2D eigenvalue weighted by molar-refractivity contribution is -0.169. The van der Waals surface area contributed by atoms with Crippen LogP contribution in [0.1, 0.15) is 59.3 Å². The number of esters is 1. The van der Waals surface area contributed by atoms with Crippen LogP contribution in [0.3, 0.4) is 0 Å². The van der Waals surface area contributed by atoms with Gasteiger partial charge in [0.1, 0.15) is 12.0 Å². The number of ketones is 2. The Hall–Kier alpha value is -2.17. The highest BCUT2D eigenvalue weighted by Gasteiger charge is 2.49. The van der Waals surface area contributed by atoms with Gasteiger partial charge < -0.3 is 9.47 Å². The summed E-state index contributed by atoms with van der Waals surface area (Å²) in [6.07, 6.45) is 9.47. The van der Waals surface area contributed by atoms with E-state index in [0.717, 1.165) is 25.7 Å². The van der Waals surface area contributed by atoms with Crippen LogP contribution in [-0.2, 0) is 23.9 Å². The van der Waals surface area contributed by atoms with E-state index < -0.39 is 23.1 Å². The third kappa shape index (κ3) is 3.83. The van der Waals surface area contributed by atoms with Crippen LogP contribution in [0.5, 0.6) is 0 Å². The Bertz CT molecular complexity index is 638. The Balaban J connectivity index is 2.03. The average Bonchev–Trinajstić information content (AvgIpc) is 2.53. The van der Waals surface area contributed by atoms with Crippen molar-refractivity contribution in [2.24, 2.45) is 0 Å².